The third kappa shape index (κ3) is 2.75. The molecule has 1 aromatic heterocycles. The van der Waals surface area contributed by atoms with Crippen molar-refractivity contribution in [3.8, 4) is 0 Å². The molecule has 2 saturated carbocycles. The summed E-state index contributed by atoms with van der Waals surface area (Å²) in [4.78, 5) is 20.6. The summed E-state index contributed by atoms with van der Waals surface area (Å²) in [5.41, 5.74) is 1.22. The number of fused-ring (bicyclic) bond motifs is 1. The molecule has 0 bridgehead atoms. The second kappa shape index (κ2) is 5.52. The highest BCUT2D eigenvalue weighted by Crippen LogP contribution is 2.45. The number of urea groups is 1. The van der Waals surface area contributed by atoms with Gasteiger partial charge in [0.2, 0.25) is 0 Å². The van der Waals surface area contributed by atoms with Crippen LogP contribution < -0.4 is 5.32 Å². The average molecular weight is 319 g/mol. The van der Waals surface area contributed by atoms with Gasteiger partial charge in [0.05, 0.1) is 21.6 Å². The van der Waals surface area contributed by atoms with E-state index in [1.807, 2.05) is 11.9 Å². The summed E-state index contributed by atoms with van der Waals surface area (Å²) in [5, 5.41) is 4.47. The molecule has 0 spiro atoms. The monoisotopic (exact) mass is 319 g/mol. The Labute approximate surface area is 136 Å². The predicted molar refractivity (Wildman–Crippen MR) is 88.1 cm³/mol. The van der Waals surface area contributed by atoms with Crippen molar-refractivity contribution in [1.82, 2.24) is 15.2 Å². The standard InChI is InChI=1S/C17H25N3OS/c1-10-18-13-4-3-5-14(16(13)22-10)20(2)17(21)19-15(11-6-7-11)12-8-9-12/h11-12,14-15H,3-9H2,1-2H3,(H,19,21)/t14-/m0/s1. The van der Waals surface area contributed by atoms with Crippen molar-refractivity contribution in [2.45, 2.75) is 64.0 Å². The number of thiazole rings is 1. The molecule has 0 aromatic carbocycles. The molecule has 0 unspecified atom stereocenters. The van der Waals surface area contributed by atoms with Gasteiger partial charge < -0.3 is 10.2 Å². The van der Waals surface area contributed by atoms with E-state index in [0.29, 0.717) is 6.04 Å². The van der Waals surface area contributed by atoms with Crippen molar-refractivity contribution in [3.63, 3.8) is 0 Å². The molecule has 1 N–H and O–H groups in total. The van der Waals surface area contributed by atoms with Crippen LogP contribution in [0, 0.1) is 18.8 Å². The maximum Gasteiger partial charge on any atom is 0.317 e. The van der Waals surface area contributed by atoms with Gasteiger partial charge in [-0.15, -0.1) is 11.3 Å². The summed E-state index contributed by atoms with van der Waals surface area (Å²) in [5.74, 6) is 1.50. The fourth-order valence-corrected chi connectivity index (χ4v) is 4.96. The predicted octanol–water partition coefficient (Wildman–Crippen LogP) is 3.66. The summed E-state index contributed by atoms with van der Waals surface area (Å²) in [6.45, 7) is 2.07. The Balaban J connectivity index is 1.46. The van der Waals surface area contributed by atoms with Gasteiger partial charge in [-0.25, -0.2) is 9.78 Å². The Kier molecular flexibility index (Phi) is 3.63. The fourth-order valence-electron chi connectivity index (χ4n) is 3.81. The van der Waals surface area contributed by atoms with Crippen LogP contribution in [0.2, 0.25) is 0 Å². The molecule has 5 heteroatoms. The Bertz CT molecular complexity index is 564. The van der Waals surface area contributed by atoms with E-state index in [4.69, 9.17) is 0 Å². The van der Waals surface area contributed by atoms with Crippen LogP contribution in [0.15, 0.2) is 0 Å². The molecular weight excluding hydrogens is 294 g/mol. The molecule has 0 radical (unpaired) electrons. The summed E-state index contributed by atoms with van der Waals surface area (Å²) in [6, 6.07) is 0.767. The van der Waals surface area contributed by atoms with Crippen LogP contribution in [0.4, 0.5) is 4.79 Å². The van der Waals surface area contributed by atoms with E-state index < -0.39 is 0 Å². The van der Waals surface area contributed by atoms with E-state index >= 15 is 0 Å². The van der Waals surface area contributed by atoms with Crippen molar-refractivity contribution in [3.05, 3.63) is 15.6 Å². The highest BCUT2D eigenvalue weighted by atomic mass is 32.1. The molecule has 2 fully saturated rings. The molecular formula is C17H25N3OS. The molecule has 0 aliphatic heterocycles. The van der Waals surface area contributed by atoms with Crippen molar-refractivity contribution in [2.75, 3.05) is 7.05 Å². The average Bonchev–Trinajstić information content (AvgIpc) is 3.40. The quantitative estimate of drug-likeness (QED) is 0.920. The summed E-state index contributed by atoms with van der Waals surface area (Å²) < 4.78 is 0. The number of nitrogens with one attached hydrogen (secondary N) is 1. The fraction of sp³-hybridized carbons (Fsp3) is 0.765. The van der Waals surface area contributed by atoms with Crippen molar-refractivity contribution >= 4 is 17.4 Å². The highest BCUT2D eigenvalue weighted by molar-refractivity contribution is 7.11. The molecule has 120 valence electrons. The number of aryl methyl sites for hydroxylation is 2. The molecule has 4 nitrogen and oxygen atoms in total. The topological polar surface area (TPSA) is 45.2 Å². The Hall–Kier alpha value is -1.10. The Morgan fingerprint density at radius 1 is 1.27 bits per heavy atom. The van der Waals surface area contributed by atoms with E-state index in [-0.39, 0.29) is 12.1 Å². The molecule has 1 aromatic rings. The summed E-state index contributed by atoms with van der Waals surface area (Å²) in [7, 11) is 1.96. The lowest BCUT2D eigenvalue weighted by molar-refractivity contribution is 0.178. The third-order valence-electron chi connectivity index (χ3n) is 5.37. The van der Waals surface area contributed by atoms with E-state index in [9.17, 15) is 4.79 Å². The first-order valence-electron chi connectivity index (χ1n) is 8.63. The van der Waals surface area contributed by atoms with Gasteiger partial charge in [0.1, 0.15) is 0 Å². The van der Waals surface area contributed by atoms with Gasteiger partial charge in [0, 0.05) is 13.1 Å². The Morgan fingerprint density at radius 3 is 2.59 bits per heavy atom. The zero-order valence-electron chi connectivity index (χ0n) is 13.5. The van der Waals surface area contributed by atoms with Crippen molar-refractivity contribution in [1.29, 1.82) is 0 Å². The number of rotatable bonds is 4. The molecule has 3 aliphatic rings. The first kappa shape index (κ1) is 14.5. The molecule has 3 aliphatic carbocycles. The largest absolute Gasteiger partial charge is 0.335 e. The van der Waals surface area contributed by atoms with Crippen LogP contribution in [0.1, 0.15) is 60.1 Å². The molecule has 22 heavy (non-hydrogen) atoms. The van der Waals surface area contributed by atoms with Crippen LogP contribution >= 0.6 is 11.3 Å². The van der Waals surface area contributed by atoms with Gasteiger partial charge in [-0.05, 0) is 63.7 Å². The number of amides is 2. The minimum Gasteiger partial charge on any atom is -0.335 e. The number of aromatic nitrogens is 1. The van der Waals surface area contributed by atoms with E-state index in [1.165, 1.54) is 36.3 Å². The Morgan fingerprint density at radius 2 is 1.95 bits per heavy atom. The van der Waals surface area contributed by atoms with E-state index in [2.05, 4.69) is 17.2 Å². The third-order valence-corrected chi connectivity index (χ3v) is 6.48. The normalized spacial score (nSPS) is 24.2. The number of carbonyl (C=O) groups is 1. The first-order valence-corrected chi connectivity index (χ1v) is 9.44. The molecule has 4 rings (SSSR count). The maximum atomic E-state index is 12.7. The second-order valence-corrected chi connectivity index (χ2v) is 8.45. The number of hydrogen-bond donors (Lipinski definition) is 1. The molecule has 1 heterocycles. The number of carbonyl (C=O) groups excluding carboxylic acids is 1. The molecule has 1 atom stereocenters. The number of nitrogens with zero attached hydrogens (tertiary/aromatic N) is 2. The van der Waals surface area contributed by atoms with Crippen LogP contribution in [0.3, 0.4) is 0 Å². The van der Waals surface area contributed by atoms with Gasteiger partial charge in [-0.1, -0.05) is 0 Å². The lowest BCUT2D eigenvalue weighted by Gasteiger charge is -2.32. The van der Waals surface area contributed by atoms with Crippen molar-refractivity contribution < 1.29 is 4.79 Å². The van der Waals surface area contributed by atoms with Crippen LogP contribution in [-0.2, 0) is 6.42 Å². The summed E-state index contributed by atoms with van der Waals surface area (Å²) in [6.07, 6.45) is 8.46. The van der Waals surface area contributed by atoms with Crippen molar-refractivity contribution in [2.24, 2.45) is 11.8 Å². The minimum atomic E-state index is 0.118. The lowest BCUT2D eigenvalue weighted by atomic mass is 9.97. The highest BCUT2D eigenvalue weighted by Gasteiger charge is 2.43. The van der Waals surface area contributed by atoms with Gasteiger partial charge >= 0.3 is 6.03 Å². The van der Waals surface area contributed by atoms with Gasteiger partial charge in [-0.2, -0.15) is 0 Å². The molecule has 0 saturated heterocycles. The lowest BCUT2D eigenvalue weighted by Crippen LogP contribution is -2.46. The van der Waals surface area contributed by atoms with E-state index in [1.54, 1.807) is 11.3 Å². The first-order chi connectivity index (χ1) is 10.6. The van der Waals surface area contributed by atoms with Gasteiger partial charge in [0.25, 0.3) is 0 Å². The van der Waals surface area contributed by atoms with Crippen LogP contribution in [0.25, 0.3) is 0 Å². The van der Waals surface area contributed by atoms with Gasteiger partial charge in [0.15, 0.2) is 0 Å². The van der Waals surface area contributed by atoms with Crippen LogP contribution in [0.5, 0.6) is 0 Å². The zero-order valence-corrected chi connectivity index (χ0v) is 14.3. The van der Waals surface area contributed by atoms with Gasteiger partial charge in [-0.3, -0.25) is 0 Å². The second-order valence-electron chi connectivity index (χ2n) is 7.21. The summed E-state index contributed by atoms with van der Waals surface area (Å²) >= 11 is 1.77. The zero-order chi connectivity index (χ0) is 15.3. The SMILES string of the molecule is Cc1nc2c(s1)[C@@H](N(C)C(=O)NC(C1CC1)C1CC1)CCC2. The maximum absolute atomic E-state index is 12.7. The van der Waals surface area contributed by atoms with Crippen LogP contribution in [-0.4, -0.2) is 29.0 Å². The minimum absolute atomic E-state index is 0.118. The molecule has 2 amide bonds. The number of hydrogen-bond acceptors (Lipinski definition) is 3. The van der Waals surface area contributed by atoms with E-state index in [0.717, 1.165) is 36.1 Å². The smallest absolute Gasteiger partial charge is 0.317 e.